The van der Waals surface area contributed by atoms with Crippen LogP contribution in [0, 0.1) is 0 Å². The van der Waals surface area contributed by atoms with Gasteiger partial charge in [0.2, 0.25) is 12.5 Å². The van der Waals surface area contributed by atoms with E-state index in [0.717, 1.165) is 29.8 Å². The van der Waals surface area contributed by atoms with Gasteiger partial charge in [-0.25, -0.2) is 0 Å². The van der Waals surface area contributed by atoms with Crippen LogP contribution in [0.25, 0.3) is 0 Å². The molecule has 0 fully saturated rings. The number of aromatic hydroxyl groups is 1. The van der Waals surface area contributed by atoms with Gasteiger partial charge in [-0.1, -0.05) is 11.2 Å². The number of likely N-dealkylation sites (N-methyl/N-ethyl adjacent to an activating group) is 1. The van der Waals surface area contributed by atoms with E-state index in [0.29, 0.717) is 42.2 Å². The molecule has 0 radical (unpaired) electrons. The van der Waals surface area contributed by atoms with Crippen molar-refractivity contribution in [2.24, 2.45) is 5.16 Å². The van der Waals surface area contributed by atoms with Crippen molar-refractivity contribution in [2.45, 2.75) is 31.7 Å². The fraction of sp³-hybridized carbons (Fsp3) is 0.435. The van der Waals surface area contributed by atoms with Crippen LogP contribution >= 0.6 is 0 Å². The highest BCUT2D eigenvalue weighted by molar-refractivity contribution is 5.85. The first-order valence-electron chi connectivity index (χ1n) is 10.3. The predicted molar refractivity (Wildman–Crippen MR) is 115 cm³/mol. The van der Waals surface area contributed by atoms with Crippen LogP contribution in [0.5, 0.6) is 28.7 Å². The van der Waals surface area contributed by atoms with E-state index in [1.165, 1.54) is 12.7 Å². The van der Waals surface area contributed by atoms with Crippen molar-refractivity contribution in [1.82, 2.24) is 4.90 Å². The molecule has 0 aliphatic carbocycles. The van der Waals surface area contributed by atoms with E-state index in [1.54, 1.807) is 19.2 Å². The van der Waals surface area contributed by atoms with Gasteiger partial charge in [-0.05, 0) is 55.6 Å². The molecule has 31 heavy (non-hydrogen) atoms. The molecule has 2 N–H and O–H groups in total. The lowest BCUT2D eigenvalue weighted by Crippen LogP contribution is -2.34. The second-order valence-electron chi connectivity index (χ2n) is 7.84. The molecule has 8 heteroatoms. The number of methoxy groups -OCH3 is 2. The normalized spacial score (nSPS) is 18.0. The fourth-order valence-electron chi connectivity index (χ4n) is 4.37. The highest BCUT2D eigenvalue weighted by atomic mass is 16.7. The SMILES string of the molecule is COc1cc(CCC(C[C@H]2c3c(cc4c(c3OC)OCO4)CCN2C)=NO)ccc1O. The molecule has 2 aliphatic rings. The van der Waals surface area contributed by atoms with Crippen LogP contribution in [0.2, 0.25) is 0 Å². The summed E-state index contributed by atoms with van der Waals surface area (Å²) in [6, 6.07) is 7.30. The zero-order chi connectivity index (χ0) is 22.0. The molecule has 0 saturated heterocycles. The number of phenolic OH excluding ortho intramolecular Hbond substituents is 1. The minimum Gasteiger partial charge on any atom is -0.504 e. The molecular weight excluding hydrogens is 400 g/mol. The zero-order valence-electron chi connectivity index (χ0n) is 18.1. The molecule has 0 bridgehead atoms. The average molecular weight is 428 g/mol. The van der Waals surface area contributed by atoms with Gasteiger partial charge in [0.25, 0.3) is 0 Å². The Labute approximate surface area is 181 Å². The van der Waals surface area contributed by atoms with Crippen molar-refractivity contribution < 1.29 is 29.3 Å². The predicted octanol–water partition coefficient (Wildman–Crippen LogP) is 3.52. The van der Waals surface area contributed by atoms with E-state index in [2.05, 4.69) is 17.1 Å². The maximum Gasteiger partial charge on any atom is 0.231 e. The van der Waals surface area contributed by atoms with Gasteiger partial charge in [-0.15, -0.1) is 0 Å². The third-order valence-corrected chi connectivity index (χ3v) is 6.06. The van der Waals surface area contributed by atoms with Crippen molar-refractivity contribution >= 4 is 5.71 Å². The molecule has 0 amide bonds. The Morgan fingerprint density at radius 1 is 1.23 bits per heavy atom. The van der Waals surface area contributed by atoms with Crippen LogP contribution in [0.3, 0.4) is 0 Å². The van der Waals surface area contributed by atoms with E-state index >= 15 is 0 Å². The molecule has 0 aromatic heterocycles. The molecule has 0 spiro atoms. The van der Waals surface area contributed by atoms with Crippen molar-refractivity contribution in [3.63, 3.8) is 0 Å². The first-order valence-corrected chi connectivity index (χ1v) is 10.3. The molecule has 2 heterocycles. The molecule has 8 nitrogen and oxygen atoms in total. The largest absolute Gasteiger partial charge is 0.504 e. The second-order valence-corrected chi connectivity index (χ2v) is 7.84. The Bertz CT molecular complexity index is 991. The lowest BCUT2D eigenvalue weighted by Gasteiger charge is -2.36. The van der Waals surface area contributed by atoms with E-state index in [1.807, 2.05) is 12.1 Å². The molecule has 1 atom stereocenters. The van der Waals surface area contributed by atoms with Crippen LogP contribution in [0.4, 0.5) is 0 Å². The van der Waals surface area contributed by atoms with Crippen molar-refractivity contribution in [3.8, 4) is 28.7 Å². The van der Waals surface area contributed by atoms with E-state index < -0.39 is 0 Å². The summed E-state index contributed by atoms with van der Waals surface area (Å²) in [5.41, 5.74) is 3.92. The Morgan fingerprint density at radius 2 is 2.06 bits per heavy atom. The number of aryl methyl sites for hydroxylation is 1. The highest BCUT2D eigenvalue weighted by Crippen LogP contribution is 2.50. The van der Waals surface area contributed by atoms with Gasteiger partial charge in [0, 0.05) is 24.6 Å². The smallest absolute Gasteiger partial charge is 0.231 e. The number of nitrogens with zero attached hydrogens (tertiary/aromatic N) is 2. The van der Waals surface area contributed by atoms with Crippen molar-refractivity contribution in [1.29, 1.82) is 0 Å². The minimum absolute atomic E-state index is 0.00606. The number of phenols is 1. The number of hydrogen-bond acceptors (Lipinski definition) is 8. The standard InChI is InChI=1S/C23H28N2O6/c1-25-9-8-15-11-20-22(31-13-30-20)23(29-3)21(15)17(25)12-16(24-27)6-4-14-5-7-18(26)19(10-14)28-2/h5,7,10-11,17,26-27H,4,6,8-9,12-13H2,1-3H3/t17-/m0/s1. The summed E-state index contributed by atoms with van der Waals surface area (Å²) in [5, 5.41) is 23.1. The van der Waals surface area contributed by atoms with Crippen LogP contribution in [0.15, 0.2) is 29.4 Å². The molecule has 0 unspecified atom stereocenters. The van der Waals surface area contributed by atoms with E-state index in [-0.39, 0.29) is 18.6 Å². The number of fused-ring (bicyclic) bond motifs is 2. The van der Waals surface area contributed by atoms with Crippen molar-refractivity contribution in [3.05, 3.63) is 41.0 Å². The van der Waals surface area contributed by atoms with Gasteiger partial charge in [-0.2, -0.15) is 0 Å². The minimum atomic E-state index is -0.00606. The third kappa shape index (κ3) is 4.07. The maximum atomic E-state index is 9.79. The van der Waals surface area contributed by atoms with Gasteiger partial charge in [0.1, 0.15) is 0 Å². The summed E-state index contributed by atoms with van der Waals surface area (Å²) < 4.78 is 22.2. The number of rotatable bonds is 7. The number of benzene rings is 2. The van der Waals surface area contributed by atoms with Crippen molar-refractivity contribution in [2.75, 3.05) is 34.6 Å². The van der Waals surface area contributed by atoms with Crippen LogP contribution in [0.1, 0.15) is 35.6 Å². The Morgan fingerprint density at radius 3 is 2.81 bits per heavy atom. The molecule has 166 valence electrons. The number of hydrogen-bond donors (Lipinski definition) is 2. The first-order chi connectivity index (χ1) is 15.0. The second kappa shape index (κ2) is 8.93. The topological polar surface area (TPSA) is 93.0 Å². The van der Waals surface area contributed by atoms with Gasteiger partial charge >= 0.3 is 0 Å². The van der Waals surface area contributed by atoms with Crippen LogP contribution in [-0.2, 0) is 12.8 Å². The van der Waals surface area contributed by atoms with E-state index in [4.69, 9.17) is 18.9 Å². The number of oxime groups is 1. The Hall–Kier alpha value is -3.13. The van der Waals surface area contributed by atoms with Crippen LogP contribution < -0.4 is 18.9 Å². The van der Waals surface area contributed by atoms with Crippen LogP contribution in [-0.4, -0.2) is 55.5 Å². The molecule has 2 aromatic rings. The Kier molecular flexibility index (Phi) is 6.08. The number of ether oxygens (including phenoxy) is 4. The summed E-state index contributed by atoms with van der Waals surface area (Å²) >= 11 is 0. The van der Waals surface area contributed by atoms with Gasteiger partial charge in [0.15, 0.2) is 23.0 Å². The fourth-order valence-corrected chi connectivity index (χ4v) is 4.37. The lowest BCUT2D eigenvalue weighted by molar-refractivity contribution is 0.170. The molecular formula is C23H28N2O6. The quantitative estimate of drug-likeness (QED) is 0.396. The molecule has 2 aliphatic heterocycles. The summed E-state index contributed by atoms with van der Waals surface area (Å²) in [7, 11) is 5.23. The summed E-state index contributed by atoms with van der Waals surface area (Å²) in [6.07, 6.45) is 2.69. The first kappa shape index (κ1) is 21.1. The maximum absolute atomic E-state index is 9.79. The molecule has 4 rings (SSSR count). The summed E-state index contributed by atoms with van der Waals surface area (Å²) in [4.78, 5) is 2.25. The Balaban J connectivity index is 1.56. The monoisotopic (exact) mass is 428 g/mol. The zero-order valence-corrected chi connectivity index (χ0v) is 18.1. The van der Waals surface area contributed by atoms with Gasteiger partial charge in [0.05, 0.1) is 19.9 Å². The highest BCUT2D eigenvalue weighted by Gasteiger charge is 2.34. The summed E-state index contributed by atoms with van der Waals surface area (Å²) in [6.45, 7) is 1.07. The lowest BCUT2D eigenvalue weighted by atomic mass is 9.87. The summed E-state index contributed by atoms with van der Waals surface area (Å²) in [5.74, 6) is 2.59. The molecule has 2 aromatic carbocycles. The third-order valence-electron chi connectivity index (χ3n) is 6.06. The van der Waals surface area contributed by atoms with Gasteiger partial charge < -0.3 is 29.3 Å². The van der Waals surface area contributed by atoms with E-state index in [9.17, 15) is 10.3 Å². The molecule has 0 saturated carbocycles. The van der Waals surface area contributed by atoms with Gasteiger partial charge in [-0.3, -0.25) is 4.90 Å². The average Bonchev–Trinajstić information content (AvgIpc) is 3.25.